The van der Waals surface area contributed by atoms with Crippen molar-refractivity contribution in [3.05, 3.63) is 167 Å². The molecule has 0 bridgehead atoms. The number of anilines is 3. The molecule has 1 aliphatic rings. The van der Waals surface area contributed by atoms with Gasteiger partial charge in [-0.15, -0.1) is 0 Å². The minimum absolute atomic E-state index is 0.177. The van der Waals surface area contributed by atoms with Gasteiger partial charge >= 0.3 is 0 Å². The van der Waals surface area contributed by atoms with E-state index in [1.807, 2.05) is 61.5 Å². The molecule has 2 amide bonds. The molecular weight excluding hydrogens is 647 g/mol. The van der Waals surface area contributed by atoms with Gasteiger partial charge in [-0.05, 0) is 123 Å². The van der Waals surface area contributed by atoms with Crippen LogP contribution in [0.4, 0.5) is 17.1 Å². The molecule has 3 N–H and O–H groups in total. The monoisotopic (exact) mass is 697 g/mol. The fraction of sp³-hybridized carbons (Fsp3) is 0.244. The first-order valence-electron chi connectivity index (χ1n) is 17.5. The molecule has 270 valence electrons. The third-order valence-corrected chi connectivity index (χ3v) is 8.66. The Balaban J connectivity index is 1.24. The zero-order valence-electron chi connectivity index (χ0n) is 31.3. The zero-order valence-corrected chi connectivity index (χ0v) is 31.3. The highest BCUT2D eigenvalue weighted by atomic mass is 16.5. The molecule has 0 aromatic heterocycles. The number of nitrogens with one attached hydrogen (secondary N) is 3. The van der Waals surface area contributed by atoms with Gasteiger partial charge in [-0.1, -0.05) is 86.2 Å². The van der Waals surface area contributed by atoms with Crippen molar-refractivity contribution in [2.45, 2.75) is 67.4 Å². The molecule has 0 unspecified atom stereocenters. The first-order chi connectivity index (χ1) is 24.8. The average Bonchev–Trinajstić information content (AvgIpc) is 3.08. The Morgan fingerprint density at radius 1 is 0.846 bits per heavy atom. The summed E-state index contributed by atoms with van der Waals surface area (Å²) in [5.41, 5.74) is 8.62. The van der Waals surface area contributed by atoms with E-state index >= 15 is 0 Å². The summed E-state index contributed by atoms with van der Waals surface area (Å²) < 4.78 is 11.8. The van der Waals surface area contributed by atoms with Crippen molar-refractivity contribution in [1.82, 2.24) is 0 Å². The van der Waals surface area contributed by atoms with Crippen molar-refractivity contribution in [2.24, 2.45) is 5.41 Å². The number of para-hydroxylation sites is 2. The van der Waals surface area contributed by atoms with Gasteiger partial charge in [0.05, 0.1) is 11.4 Å². The van der Waals surface area contributed by atoms with E-state index in [-0.39, 0.29) is 23.8 Å². The van der Waals surface area contributed by atoms with Gasteiger partial charge in [0.1, 0.15) is 18.1 Å². The Morgan fingerprint density at radius 3 is 2.17 bits per heavy atom. The van der Waals surface area contributed by atoms with Crippen molar-refractivity contribution >= 4 is 28.9 Å². The standard InChI is InChI=1S/C45H51N3O4/c1-31(18-27-41-33(3)15-12-28-45(41,7)8)13-11-14-32(2)29-34(4)52-40-25-19-37(20-26-40)30-51-36(6)47-42-16-9-10-17-43(42)48-44(50)38-21-23-39(24-22-38)46-35(5)49/h9-11,13-14,16-27,29,47H,4,6,12,15,28,30H2,1-3,5,7-8H3,(H,46,49)(H,48,50)/b14-11+,27-18+,31-13+,32-29+. The van der Waals surface area contributed by atoms with E-state index in [2.05, 4.69) is 81.1 Å². The summed E-state index contributed by atoms with van der Waals surface area (Å²) in [6.45, 7) is 20.8. The molecule has 0 aliphatic heterocycles. The SMILES string of the molecule is C=C(/C=C(C)/C=C/C=C(C)/C=C/C1=C(C)CCCC1(C)C)Oc1ccc(COC(=C)Nc2ccccc2NC(=O)c2ccc(NC(C)=O)cc2)cc1. The van der Waals surface area contributed by atoms with E-state index in [0.717, 1.165) is 11.1 Å². The molecule has 0 heterocycles. The van der Waals surface area contributed by atoms with Gasteiger partial charge in [-0.2, -0.15) is 0 Å². The van der Waals surface area contributed by atoms with Crippen LogP contribution in [0.5, 0.6) is 5.75 Å². The van der Waals surface area contributed by atoms with Crippen molar-refractivity contribution in [1.29, 1.82) is 0 Å². The summed E-state index contributed by atoms with van der Waals surface area (Å²) in [6.07, 6.45) is 16.3. The van der Waals surface area contributed by atoms with Crippen LogP contribution >= 0.6 is 0 Å². The van der Waals surface area contributed by atoms with Crippen molar-refractivity contribution < 1.29 is 19.1 Å². The van der Waals surface area contributed by atoms with Crippen molar-refractivity contribution in [3.8, 4) is 5.75 Å². The number of ether oxygens (including phenoxy) is 2. The largest absolute Gasteiger partial charge is 0.475 e. The van der Waals surface area contributed by atoms with Crippen LogP contribution in [0.15, 0.2) is 156 Å². The number of rotatable bonds is 15. The number of carbonyl (C=O) groups is 2. The second-order valence-corrected chi connectivity index (χ2v) is 13.7. The molecule has 0 radical (unpaired) electrons. The highest BCUT2D eigenvalue weighted by Crippen LogP contribution is 2.40. The van der Waals surface area contributed by atoms with Gasteiger partial charge in [0.25, 0.3) is 5.91 Å². The Hall–Kier alpha value is -5.82. The molecule has 0 spiro atoms. The first-order valence-corrected chi connectivity index (χ1v) is 17.5. The van der Waals surface area contributed by atoms with Crippen molar-refractivity contribution in [2.75, 3.05) is 16.0 Å². The number of carbonyl (C=O) groups excluding carboxylic acids is 2. The van der Waals surface area contributed by atoms with Gasteiger partial charge in [0.2, 0.25) is 5.91 Å². The second kappa shape index (κ2) is 18.4. The molecule has 0 fully saturated rings. The molecule has 3 aromatic carbocycles. The van der Waals surface area contributed by atoms with E-state index in [9.17, 15) is 9.59 Å². The molecular formula is C45H51N3O4. The smallest absolute Gasteiger partial charge is 0.255 e. The molecule has 0 atom stereocenters. The number of allylic oxidation sites excluding steroid dienone is 10. The van der Waals surface area contributed by atoms with Gasteiger partial charge in [-0.25, -0.2) is 0 Å². The Kier molecular flexibility index (Phi) is 13.8. The minimum Gasteiger partial charge on any atom is -0.475 e. The maximum Gasteiger partial charge on any atom is 0.255 e. The molecule has 7 nitrogen and oxygen atoms in total. The van der Waals surface area contributed by atoms with E-state index < -0.39 is 0 Å². The quantitative estimate of drug-likeness (QED) is 0.109. The minimum atomic E-state index is -0.292. The third-order valence-electron chi connectivity index (χ3n) is 8.66. The maximum absolute atomic E-state index is 12.9. The summed E-state index contributed by atoms with van der Waals surface area (Å²) in [6, 6.07) is 21.5. The maximum atomic E-state index is 12.9. The van der Waals surface area contributed by atoms with Gasteiger partial charge in [0, 0.05) is 18.2 Å². The van der Waals surface area contributed by atoms with Gasteiger partial charge < -0.3 is 25.4 Å². The van der Waals surface area contributed by atoms with E-state index in [1.54, 1.807) is 30.3 Å². The van der Waals surface area contributed by atoms with Crippen LogP contribution in [0, 0.1) is 5.41 Å². The second-order valence-electron chi connectivity index (χ2n) is 13.7. The van der Waals surface area contributed by atoms with Gasteiger partial charge in [-0.3, -0.25) is 9.59 Å². The number of benzene rings is 3. The normalized spacial score (nSPS) is 14.7. The summed E-state index contributed by atoms with van der Waals surface area (Å²) >= 11 is 0. The molecule has 0 saturated carbocycles. The predicted molar refractivity (Wildman–Crippen MR) is 215 cm³/mol. The lowest BCUT2D eigenvalue weighted by Gasteiger charge is -2.32. The fourth-order valence-corrected chi connectivity index (χ4v) is 5.93. The molecule has 52 heavy (non-hydrogen) atoms. The van der Waals surface area contributed by atoms with E-state index in [0.29, 0.717) is 40.0 Å². The highest BCUT2D eigenvalue weighted by Gasteiger charge is 2.26. The molecule has 1 aliphatic carbocycles. The molecule has 3 aromatic rings. The Bertz CT molecular complexity index is 1920. The van der Waals surface area contributed by atoms with Crippen LogP contribution in [0.25, 0.3) is 0 Å². The summed E-state index contributed by atoms with van der Waals surface area (Å²) in [4.78, 5) is 24.2. The predicted octanol–water partition coefficient (Wildman–Crippen LogP) is 11.4. The topological polar surface area (TPSA) is 88.7 Å². The average molecular weight is 698 g/mol. The zero-order chi connectivity index (χ0) is 37.7. The summed E-state index contributed by atoms with van der Waals surface area (Å²) in [5.74, 6) is 1.07. The molecule has 4 rings (SSSR count). The van der Waals surface area contributed by atoms with Crippen LogP contribution in [-0.2, 0) is 16.1 Å². The van der Waals surface area contributed by atoms with Crippen LogP contribution in [0.2, 0.25) is 0 Å². The number of amides is 2. The van der Waals surface area contributed by atoms with Crippen molar-refractivity contribution in [3.63, 3.8) is 0 Å². The van der Waals surface area contributed by atoms with E-state index in [1.165, 1.54) is 42.9 Å². The lowest BCUT2D eigenvalue weighted by atomic mass is 9.72. The number of hydrogen-bond acceptors (Lipinski definition) is 5. The van der Waals surface area contributed by atoms with Gasteiger partial charge in [0.15, 0.2) is 5.88 Å². The molecule has 0 saturated heterocycles. The van der Waals surface area contributed by atoms with Crippen LogP contribution in [-0.4, -0.2) is 11.8 Å². The molecule has 7 heteroatoms. The fourth-order valence-electron chi connectivity index (χ4n) is 5.93. The number of hydrogen-bond donors (Lipinski definition) is 3. The Morgan fingerprint density at radius 2 is 1.52 bits per heavy atom. The summed E-state index contributed by atoms with van der Waals surface area (Å²) in [7, 11) is 0. The van der Waals surface area contributed by atoms with E-state index in [4.69, 9.17) is 9.47 Å². The van der Waals surface area contributed by atoms with Crippen LogP contribution in [0.3, 0.4) is 0 Å². The van der Waals surface area contributed by atoms with Crippen LogP contribution < -0.4 is 20.7 Å². The summed E-state index contributed by atoms with van der Waals surface area (Å²) in [5, 5.41) is 8.73. The lowest BCUT2D eigenvalue weighted by molar-refractivity contribution is -0.114. The highest BCUT2D eigenvalue weighted by molar-refractivity contribution is 6.06. The van der Waals surface area contributed by atoms with Crippen LogP contribution in [0.1, 0.15) is 76.7 Å². The Labute approximate surface area is 309 Å². The first kappa shape index (κ1) is 39.0. The lowest BCUT2D eigenvalue weighted by Crippen LogP contribution is -2.19. The third kappa shape index (κ3) is 12.2.